The molecule has 0 radical (unpaired) electrons. The molecular weight excluding hydrogens is 250 g/mol. The number of rotatable bonds is 4. The van der Waals surface area contributed by atoms with Gasteiger partial charge < -0.3 is 15.0 Å². The van der Waals surface area contributed by atoms with Crippen molar-refractivity contribution in [3.8, 4) is 0 Å². The molecule has 0 bridgehead atoms. The van der Waals surface area contributed by atoms with Crippen molar-refractivity contribution in [3.05, 3.63) is 24.3 Å². The number of aromatic nitrogens is 2. The number of nitrogens with one attached hydrogen (secondary N) is 2. The van der Waals surface area contributed by atoms with Crippen molar-refractivity contribution < 1.29 is 4.74 Å². The van der Waals surface area contributed by atoms with Crippen LogP contribution in [-0.2, 0) is 4.74 Å². The number of benzene rings is 1. The number of fused-ring (bicyclic) bond motifs is 1. The van der Waals surface area contributed by atoms with E-state index in [1.807, 2.05) is 18.2 Å². The van der Waals surface area contributed by atoms with Crippen molar-refractivity contribution in [2.45, 2.75) is 51.2 Å². The summed E-state index contributed by atoms with van der Waals surface area (Å²) in [6.07, 6.45) is 4.24. The number of anilines is 1. The summed E-state index contributed by atoms with van der Waals surface area (Å²) >= 11 is 0. The predicted molar refractivity (Wildman–Crippen MR) is 82.0 cm³/mol. The molecule has 2 N–H and O–H groups in total. The highest BCUT2D eigenvalue weighted by molar-refractivity contribution is 5.77. The summed E-state index contributed by atoms with van der Waals surface area (Å²) in [4.78, 5) is 7.94. The van der Waals surface area contributed by atoms with E-state index < -0.39 is 0 Å². The Morgan fingerprint density at radius 2 is 2.15 bits per heavy atom. The van der Waals surface area contributed by atoms with E-state index in [2.05, 4.69) is 35.2 Å². The fraction of sp³-hybridized carbons (Fsp3) is 0.562. The second-order valence-corrected chi connectivity index (χ2v) is 5.68. The van der Waals surface area contributed by atoms with Crippen molar-refractivity contribution in [2.24, 2.45) is 0 Å². The first-order chi connectivity index (χ1) is 9.74. The highest BCUT2D eigenvalue weighted by atomic mass is 16.5. The first-order valence-electron chi connectivity index (χ1n) is 7.60. The van der Waals surface area contributed by atoms with Crippen LogP contribution >= 0.6 is 0 Å². The number of ether oxygens (including phenoxy) is 1. The molecule has 1 aromatic heterocycles. The minimum absolute atomic E-state index is 0.0436. The molecule has 108 valence electrons. The molecule has 1 fully saturated rings. The van der Waals surface area contributed by atoms with E-state index in [0.717, 1.165) is 49.3 Å². The van der Waals surface area contributed by atoms with Crippen LogP contribution in [0, 0.1) is 0 Å². The molecule has 1 saturated heterocycles. The monoisotopic (exact) mass is 273 g/mol. The summed E-state index contributed by atoms with van der Waals surface area (Å²) in [7, 11) is 0. The van der Waals surface area contributed by atoms with Gasteiger partial charge in [0.15, 0.2) is 0 Å². The summed E-state index contributed by atoms with van der Waals surface area (Å²) in [6.45, 7) is 5.26. The molecular formula is C16H23N3O. The molecule has 3 rings (SSSR count). The minimum atomic E-state index is 0.0436. The van der Waals surface area contributed by atoms with Crippen molar-refractivity contribution in [1.29, 1.82) is 0 Å². The smallest absolute Gasteiger partial charge is 0.201 e. The molecule has 2 heterocycles. The summed E-state index contributed by atoms with van der Waals surface area (Å²) < 4.78 is 6.02. The third kappa shape index (κ3) is 2.52. The van der Waals surface area contributed by atoms with Crippen LogP contribution in [0.25, 0.3) is 11.0 Å². The summed E-state index contributed by atoms with van der Waals surface area (Å²) in [5.74, 6) is 0.874. The average Bonchev–Trinajstić information content (AvgIpc) is 2.89. The standard InChI is InChI=1S/C16H23N3O/c1-3-16(4-2)11-12(9-10-20-16)17-15-18-13-7-5-6-8-14(13)19-15/h5-8,12H,3-4,9-11H2,1-2H3,(H2,17,18,19). The van der Waals surface area contributed by atoms with Crippen molar-refractivity contribution >= 4 is 17.0 Å². The second kappa shape index (κ2) is 5.44. The van der Waals surface area contributed by atoms with Crippen molar-refractivity contribution in [3.63, 3.8) is 0 Å². The quantitative estimate of drug-likeness (QED) is 0.892. The van der Waals surface area contributed by atoms with Crippen LogP contribution in [0.2, 0.25) is 0 Å². The number of aromatic amines is 1. The van der Waals surface area contributed by atoms with Crippen LogP contribution in [0.4, 0.5) is 5.95 Å². The zero-order chi connectivity index (χ0) is 14.0. The number of H-pyrrole nitrogens is 1. The summed E-state index contributed by atoms with van der Waals surface area (Å²) in [6, 6.07) is 8.56. The van der Waals surface area contributed by atoms with E-state index in [1.54, 1.807) is 0 Å². The number of imidazole rings is 1. The maximum Gasteiger partial charge on any atom is 0.201 e. The molecule has 2 aromatic rings. The highest BCUT2D eigenvalue weighted by Gasteiger charge is 2.34. The van der Waals surface area contributed by atoms with E-state index in [0.29, 0.717) is 6.04 Å². The van der Waals surface area contributed by atoms with E-state index in [1.165, 1.54) is 0 Å². The third-order valence-electron chi connectivity index (χ3n) is 4.51. The van der Waals surface area contributed by atoms with Gasteiger partial charge in [-0.25, -0.2) is 4.98 Å². The molecule has 4 nitrogen and oxygen atoms in total. The number of para-hydroxylation sites is 2. The van der Waals surface area contributed by atoms with Gasteiger partial charge >= 0.3 is 0 Å². The summed E-state index contributed by atoms with van der Waals surface area (Å²) in [5, 5.41) is 3.55. The Bertz CT molecular complexity index is 541. The largest absolute Gasteiger partial charge is 0.375 e. The SMILES string of the molecule is CCC1(CC)CC(Nc2nc3ccccc3[nH]2)CCO1. The first kappa shape index (κ1) is 13.4. The van der Waals surface area contributed by atoms with Gasteiger partial charge in [-0.05, 0) is 37.8 Å². The Morgan fingerprint density at radius 1 is 1.35 bits per heavy atom. The lowest BCUT2D eigenvalue weighted by Gasteiger charge is -2.40. The number of nitrogens with zero attached hydrogens (tertiary/aromatic N) is 1. The van der Waals surface area contributed by atoms with Gasteiger partial charge in [-0.15, -0.1) is 0 Å². The molecule has 0 spiro atoms. The molecule has 1 unspecified atom stereocenters. The van der Waals surface area contributed by atoms with Gasteiger partial charge in [0.05, 0.1) is 16.6 Å². The Kier molecular flexibility index (Phi) is 3.66. The van der Waals surface area contributed by atoms with Crippen molar-refractivity contribution in [1.82, 2.24) is 9.97 Å². The highest BCUT2D eigenvalue weighted by Crippen LogP contribution is 2.32. The lowest BCUT2D eigenvalue weighted by Crippen LogP contribution is -2.43. The van der Waals surface area contributed by atoms with Crippen LogP contribution in [0.15, 0.2) is 24.3 Å². The lowest BCUT2D eigenvalue weighted by atomic mass is 9.86. The average molecular weight is 273 g/mol. The topological polar surface area (TPSA) is 49.9 Å². The van der Waals surface area contributed by atoms with E-state index in [4.69, 9.17) is 4.74 Å². The number of hydrogen-bond donors (Lipinski definition) is 2. The second-order valence-electron chi connectivity index (χ2n) is 5.68. The van der Waals surface area contributed by atoms with Gasteiger partial charge in [0.2, 0.25) is 5.95 Å². The Balaban J connectivity index is 1.73. The Morgan fingerprint density at radius 3 is 2.90 bits per heavy atom. The van der Waals surface area contributed by atoms with Crippen molar-refractivity contribution in [2.75, 3.05) is 11.9 Å². The fourth-order valence-electron chi connectivity index (χ4n) is 3.11. The predicted octanol–water partition coefficient (Wildman–Crippen LogP) is 3.71. The minimum Gasteiger partial charge on any atom is -0.375 e. The lowest BCUT2D eigenvalue weighted by molar-refractivity contribution is -0.0865. The zero-order valence-electron chi connectivity index (χ0n) is 12.3. The Hall–Kier alpha value is -1.55. The molecule has 1 aliphatic rings. The van der Waals surface area contributed by atoms with Gasteiger partial charge in [-0.3, -0.25) is 0 Å². The molecule has 20 heavy (non-hydrogen) atoms. The van der Waals surface area contributed by atoms with Crippen LogP contribution in [0.3, 0.4) is 0 Å². The van der Waals surface area contributed by atoms with E-state index in [9.17, 15) is 0 Å². The van der Waals surface area contributed by atoms with Crippen LogP contribution in [0.1, 0.15) is 39.5 Å². The van der Waals surface area contributed by atoms with Gasteiger partial charge in [-0.1, -0.05) is 26.0 Å². The molecule has 0 amide bonds. The maximum absolute atomic E-state index is 6.02. The van der Waals surface area contributed by atoms with Crippen LogP contribution < -0.4 is 5.32 Å². The van der Waals surface area contributed by atoms with E-state index >= 15 is 0 Å². The van der Waals surface area contributed by atoms with Gasteiger partial charge in [-0.2, -0.15) is 0 Å². The molecule has 1 atom stereocenters. The number of hydrogen-bond acceptors (Lipinski definition) is 3. The summed E-state index contributed by atoms with van der Waals surface area (Å²) in [5.41, 5.74) is 2.14. The molecule has 0 saturated carbocycles. The maximum atomic E-state index is 6.02. The van der Waals surface area contributed by atoms with E-state index in [-0.39, 0.29) is 5.60 Å². The fourth-order valence-corrected chi connectivity index (χ4v) is 3.11. The van der Waals surface area contributed by atoms with Gasteiger partial charge in [0.25, 0.3) is 0 Å². The first-order valence-corrected chi connectivity index (χ1v) is 7.60. The molecule has 1 aromatic carbocycles. The Labute approximate surface area is 119 Å². The van der Waals surface area contributed by atoms with Crippen LogP contribution in [-0.4, -0.2) is 28.2 Å². The third-order valence-corrected chi connectivity index (χ3v) is 4.51. The molecule has 1 aliphatic heterocycles. The molecule has 4 heteroatoms. The zero-order valence-corrected chi connectivity index (χ0v) is 12.3. The normalized spacial score (nSPS) is 22.0. The molecule has 0 aliphatic carbocycles. The van der Waals surface area contributed by atoms with Gasteiger partial charge in [0, 0.05) is 12.6 Å². The van der Waals surface area contributed by atoms with Crippen LogP contribution in [0.5, 0.6) is 0 Å². The van der Waals surface area contributed by atoms with Gasteiger partial charge in [0.1, 0.15) is 0 Å².